The van der Waals surface area contributed by atoms with Crippen LogP contribution in [0, 0.1) is 17.1 Å². The Morgan fingerprint density at radius 3 is 1.78 bits per heavy atom. The van der Waals surface area contributed by atoms with Crippen molar-refractivity contribution in [2.75, 3.05) is 72.0 Å². The van der Waals surface area contributed by atoms with Crippen molar-refractivity contribution in [1.82, 2.24) is 93.0 Å². The number of unbranched alkanes of at least 4 members (excludes halogenated alkanes) is 2. The van der Waals surface area contributed by atoms with Gasteiger partial charge in [0, 0.05) is 112 Å². The number of nitrogens with two attached hydrogens (primary N) is 4. The summed E-state index contributed by atoms with van der Waals surface area (Å²) in [7, 11) is 3.84. The number of aliphatic hydroxyl groups is 2. The van der Waals surface area contributed by atoms with E-state index < -0.39 is 260 Å². The van der Waals surface area contributed by atoms with Crippen molar-refractivity contribution in [1.29, 1.82) is 5.41 Å². The van der Waals surface area contributed by atoms with Crippen LogP contribution in [0.15, 0.2) is 103 Å². The number of aromatic nitrogens is 2. The first-order chi connectivity index (χ1) is 66.1. The first-order valence-corrected chi connectivity index (χ1v) is 47.6. The van der Waals surface area contributed by atoms with E-state index in [9.17, 15) is 62.9 Å². The number of nitrogens with zero attached hydrogens (tertiary/aromatic N) is 5. The van der Waals surface area contributed by atoms with Crippen molar-refractivity contribution in [3.8, 4) is 17.0 Å². The number of H-pyrrole nitrogens is 2. The third-order valence-corrected chi connectivity index (χ3v) is 25.9. The first-order valence-electron chi connectivity index (χ1n) is 46.5. The topological polar surface area (TPSA) is 659 Å². The number of aromatic hydroxyl groups is 1. The van der Waals surface area contributed by atoms with Crippen LogP contribution in [-0.4, -0.2) is 319 Å². The molecule has 754 valence electrons. The Morgan fingerprint density at radius 1 is 0.568 bits per heavy atom. The molecule has 3 saturated heterocycles. The molecule has 0 bridgehead atoms. The number of hydrogen-bond donors (Lipinski definition) is 21. The second-order valence-electron chi connectivity index (χ2n) is 35.6. The molecule has 0 radical (unpaired) electrons. The molecule has 0 saturated carbocycles. The van der Waals surface area contributed by atoms with Gasteiger partial charge in [-0.25, -0.2) is 4.39 Å². The Kier molecular flexibility index (Phi) is 40.4. The van der Waals surface area contributed by atoms with Crippen LogP contribution < -0.4 is 81.4 Å². The van der Waals surface area contributed by atoms with Gasteiger partial charge in [0.05, 0.1) is 31.4 Å². The van der Waals surface area contributed by atoms with Crippen LogP contribution in [0.1, 0.15) is 135 Å². The summed E-state index contributed by atoms with van der Waals surface area (Å²) in [6, 6.07) is 2.34. The van der Waals surface area contributed by atoms with Crippen molar-refractivity contribution >= 4 is 140 Å². The number of guanidine groups is 1. The first kappa shape index (κ1) is 109. The standard InChI is InChI=1S/C94H130FN23O20S/c1-9-11-24-72-86(131)106-63(23-17-35-101-94(99)100)82(127)113-71(81(126)103-45-77(98)123)48-139-49-78(124)104-66(38-52-27-33-56(120)34-28-52)89(134)114(6)51(5)80(125)108-68(42-76(97)122)91(136)117-36-18-26-73(117)87(132)111-69(43-96)84(129)109-65(37-50(3)4)92(137)118-46-57(121)40-75(118)88(133)107-64(39-54-44-102-61-21-15-13-19-58(54)61)83(128)112-70(47-119)85(130)110-67(90(135)116(8)74(25-12-10-2)93(138)115(72)7)41-60-59-20-14-16-22-62(59)105-79(60)53-29-31-55(95)32-30-53/h13-16,19-22,27-34,44,50-51,57,63-75,102,105,119-121H,9-12,17-18,23-26,35-43,45-49,96H2,1-8H3,(H2,97,122)(H2,98,123)(H,103,126)(H,104,124)(H,106,131)(H,107,133)(H,108,125)(H,109,129)(H,110,130)(H,111,132)(H,112,128)(H,113,127)(H4,99,100,101)/t51-,57+,63-,64-,65-,66-,67-,68?,69-,70-,71-,72-,73-,74-,75-/m0/s1. The number of aliphatic hydroxyl groups excluding tert-OH is 2. The molecule has 15 atom stereocenters. The Hall–Kier alpha value is -13.8. The Bertz CT molecular complexity index is 5410. The maximum atomic E-state index is 16.2. The van der Waals surface area contributed by atoms with Crippen molar-refractivity contribution in [3.63, 3.8) is 0 Å². The number of carbonyl (C=O) groups excluding carboxylic acids is 17. The molecule has 3 aliphatic heterocycles. The monoisotopic (exact) mass is 1950 g/mol. The van der Waals surface area contributed by atoms with Gasteiger partial charge in [0.1, 0.15) is 96.2 Å². The van der Waals surface area contributed by atoms with E-state index in [1.54, 1.807) is 68.6 Å². The number of likely N-dealkylation sites (N-methyl/N-ethyl adjacent to an activating group) is 3. The smallest absolute Gasteiger partial charge is 0.246 e. The fraction of sp³-hybridized carbons (Fsp3) is 0.511. The van der Waals surface area contributed by atoms with E-state index in [1.165, 1.54) is 76.6 Å². The second-order valence-corrected chi connectivity index (χ2v) is 36.6. The van der Waals surface area contributed by atoms with E-state index in [0.717, 1.165) is 36.3 Å². The quantitative estimate of drug-likeness (QED) is 0.0157. The third-order valence-electron chi connectivity index (χ3n) is 24.8. The second kappa shape index (κ2) is 51.6. The summed E-state index contributed by atoms with van der Waals surface area (Å²) >= 11 is 0.747. The number of benzene rings is 4. The minimum absolute atomic E-state index is 0.0113. The average Bonchev–Trinajstić information content (AvgIpc) is 1.62. The van der Waals surface area contributed by atoms with Crippen LogP contribution in [0.3, 0.4) is 0 Å². The Labute approximate surface area is 807 Å². The zero-order valence-corrected chi connectivity index (χ0v) is 80.0. The van der Waals surface area contributed by atoms with E-state index in [4.69, 9.17) is 28.3 Å². The van der Waals surface area contributed by atoms with Gasteiger partial charge >= 0.3 is 0 Å². The molecule has 6 aromatic rings. The van der Waals surface area contributed by atoms with Crippen molar-refractivity contribution < 1.29 is 101 Å². The fourth-order valence-corrected chi connectivity index (χ4v) is 18.0. The number of halogens is 1. The number of amides is 17. The summed E-state index contributed by atoms with van der Waals surface area (Å²) in [6.45, 7) is 5.19. The van der Waals surface area contributed by atoms with E-state index >= 15 is 38.4 Å². The number of hydrogen-bond acceptors (Lipinski definition) is 23. The van der Waals surface area contributed by atoms with Gasteiger partial charge in [-0.3, -0.25) is 86.9 Å². The van der Waals surface area contributed by atoms with Gasteiger partial charge in [-0.05, 0) is 129 Å². The zero-order valence-electron chi connectivity index (χ0n) is 79.1. The molecule has 0 spiro atoms. The number of para-hydroxylation sites is 2. The van der Waals surface area contributed by atoms with Crippen molar-refractivity contribution in [2.45, 2.75) is 228 Å². The number of phenols is 1. The molecule has 0 aliphatic carbocycles. The highest BCUT2D eigenvalue weighted by Gasteiger charge is 2.47. The number of phenolic OH excluding ortho intramolecular Hbond substituents is 1. The minimum Gasteiger partial charge on any atom is -0.508 e. The molecule has 3 fully saturated rings. The van der Waals surface area contributed by atoms with Crippen LogP contribution in [-0.2, 0) is 101 Å². The largest absolute Gasteiger partial charge is 0.508 e. The van der Waals surface area contributed by atoms with Crippen LogP contribution in [0.2, 0.25) is 0 Å². The Morgan fingerprint density at radius 2 is 1.14 bits per heavy atom. The molecule has 1 unspecified atom stereocenters. The van der Waals surface area contributed by atoms with Gasteiger partial charge in [-0.1, -0.05) is 102 Å². The van der Waals surface area contributed by atoms with Crippen LogP contribution in [0.4, 0.5) is 4.39 Å². The lowest BCUT2D eigenvalue weighted by molar-refractivity contribution is -0.149. The molecular weight excluding hydrogens is 1820 g/mol. The summed E-state index contributed by atoms with van der Waals surface area (Å²) in [5.74, 6) is -19.2. The molecular formula is C94H130FN23O20S. The van der Waals surface area contributed by atoms with E-state index in [1.807, 2.05) is 13.8 Å². The lowest BCUT2D eigenvalue weighted by atomic mass is 9.96. The number of primary amides is 2. The summed E-state index contributed by atoms with van der Waals surface area (Å²) in [6.07, 6.45) is -0.944. The van der Waals surface area contributed by atoms with Gasteiger partial charge < -0.3 is 131 Å². The van der Waals surface area contributed by atoms with Crippen molar-refractivity contribution in [3.05, 3.63) is 126 Å². The molecule has 5 heterocycles. The van der Waals surface area contributed by atoms with Gasteiger partial charge in [-0.15, -0.1) is 11.8 Å². The van der Waals surface area contributed by atoms with Crippen molar-refractivity contribution in [2.24, 2.45) is 28.9 Å². The molecule has 2 aromatic heterocycles. The minimum atomic E-state index is -1.97. The maximum Gasteiger partial charge on any atom is 0.246 e. The van der Waals surface area contributed by atoms with Crippen LogP contribution in [0.25, 0.3) is 33.1 Å². The van der Waals surface area contributed by atoms with Gasteiger partial charge in [0.15, 0.2) is 5.96 Å². The molecule has 45 heteroatoms. The fourth-order valence-electron chi connectivity index (χ4n) is 17.2. The highest BCUT2D eigenvalue weighted by atomic mass is 32.2. The highest BCUT2D eigenvalue weighted by Crippen LogP contribution is 2.34. The average molecular weight is 1950 g/mol. The summed E-state index contributed by atoms with van der Waals surface area (Å²) in [5, 5.41) is 70.8. The number of nitrogens with one attached hydrogen (secondary N) is 14. The summed E-state index contributed by atoms with van der Waals surface area (Å²) in [4.78, 5) is 262. The predicted octanol–water partition coefficient (Wildman–Crippen LogP) is -2.13. The van der Waals surface area contributed by atoms with Gasteiger partial charge in [0.25, 0.3) is 0 Å². The number of aromatic amines is 2. The highest BCUT2D eigenvalue weighted by molar-refractivity contribution is 8.00. The molecule has 4 aromatic carbocycles. The number of thioether (sulfide) groups is 1. The number of rotatable bonds is 26. The normalized spacial score (nSPS) is 24.4. The van der Waals surface area contributed by atoms with E-state index in [-0.39, 0.29) is 95.4 Å². The van der Waals surface area contributed by atoms with Gasteiger partial charge in [-0.2, -0.15) is 0 Å². The number of fused-ring (bicyclic) bond motifs is 4. The Balaban J connectivity index is 1.12. The summed E-state index contributed by atoms with van der Waals surface area (Å²) < 4.78 is 14.8. The molecule has 43 nitrogen and oxygen atoms in total. The molecule has 9 rings (SSSR count). The van der Waals surface area contributed by atoms with E-state index in [2.05, 4.69) is 68.5 Å². The van der Waals surface area contributed by atoms with Gasteiger partial charge in [0.2, 0.25) is 100 Å². The summed E-state index contributed by atoms with van der Waals surface area (Å²) in [5.41, 5.74) is 26.2. The lowest BCUT2D eigenvalue weighted by Crippen LogP contribution is -2.62. The maximum absolute atomic E-state index is 16.2. The molecule has 139 heavy (non-hydrogen) atoms. The SMILES string of the molecule is CCCC[C@H]1C(=O)N(C)[C@@H](CCCC)C(=O)N[C@@H](CCCNC(=N)N)C(=O)N[C@H](C(=O)NCC(N)=O)CSCC(=O)N[C@@H](Cc2ccc(O)cc2)C(=O)N(C)[C@@H](C)C(=O)NC(CC(N)=O)C(=O)N2CCC[C@H]2C(=O)N[C@@H](CN)C(=O)N[C@@H](CC(C)C)C(=O)N2C[C@H](O)C[C@H]2C(=O)N[C@@H](Cc2c[nH]c3ccccc23)C(=O)N[C@@H](CO)C(=O)N[C@@H](Cc2c(-c3ccc(F)cc3)[nH]c3ccccc23)C(=O)N1C. The predicted molar refractivity (Wildman–Crippen MR) is 512 cm³/mol. The molecule has 17 amide bonds. The van der Waals surface area contributed by atoms with Crippen LogP contribution in [0.5, 0.6) is 5.75 Å². The zero-order chi connectivity index (χ0) is 102. The van der Waals surface area contributed by atoms with Crippen LogP contribution >= 0.6 is 11.8 Å². The third kappa shape index (κ3) is 29.9. The van der Waals surface area contributed by atoms with E-state index in [0.29, 0.717) is 62.6 Å². The lowest BCUT2D eigenvalue weighted by Gasteiger charge is -2.36. The number of carbonyl (C=O) groups is 17. The molecule has 3 aliphatic rings. The molecule has 25 N–H and O–H groups in total.